The van der Waals surface area contributed by atoms with Crippen LogP contribution >= 0.6 is 24.0 Å². The average Bonchev–Trinajstić information content (AvgIpc) is 3.28. The molecule has 1 aliphatic heterocycles. The Bertz CT molecular complexity index is 1290. The molecule has 11 heteroatoms. The summed E-state index contributed by atoms with van der Waals surface area (Å²) in [4.78, 5) is 30.8. The maximum atomic E-state index is 13.0. The van der Waals surface area contributed by atoms with Crippen molar-refractivity contribution in [2.45, 2.75) is 0 Å². The van der Waals surface area contributed by atoms with Crippen molar-refractivity contribution in [2.75, 3.05) is 21.3 Å². The summed E-state index contributed by atoms with van der Waals surface area (Å²) < 4.78 is 17.9. The Hall–Kier alpha value is -3.57. The number of nitrogens with zero attached hydrogens (tertiary/aromatic N) is 3. The first kappa shape index (κ1) is 22.6. The minimum absolute atomic E-state index is 0.200. The minimum Gasteiger partial charge on any atom is -0.493 e. The van der Waals surface area contributed by atoms with Crippen molar-refractivity contribution in [3.63, 3.8) is 0 Å². The van der Waals surface area contributed by atoms with E-state index in [2.05, 4.69) is 10.4 Å². The van der Waals surface area contributed by atoms with Gasteiger partial charge in [0.1, 0.15) is 5.82 Å². The van der Waals surface area contributed by atoms with E-state index in [4.69, 9.17) is 26.4 Å². The molecule has 3 aromatic rings. The van der Waals surface area contributed by atoms with Crippen LogP contribution < -0.4 is 19.6 Å². The first-order valence-electron chi connectivity index (χ1n) is 9.68. The van der Waals surface area contributed by atoms with E-state index in [9.17, 15) is 9.59 Å². The number of methoxy groups -OCH3 is 3. The number of hydrazine groups is 1. The van der Waals surface area contributed by atoms with Crippen LogP contribution in [0.3, 0.4) is 0 Å². The summed E-state index contributed by atoms with van der Waals surface area (Å²) in [5.74, 6) is 0.579. The van der Waals surface area contributed by atoms with Gasteiger partial charge in [0, 0.05) is 18.7 Å². The molecule has 170 valence electrons. The number of hydrogen-bond donors (Lipinski definition) is 1. The van der Waals surface area contributed by atoms with Crippen molar-refractivity contribution < 1.29 is 23.8 Å². The molecule has 33 heavy (non-hydrogen) atoms. The zero-order chi connectivity index (χ0) is 23.7. The number of aromatic nitrogens is 2. The zero-order valence-electron chi connectivity index (χ0n) is 18.2. The summed E-state index contributed by atoms with van der Waals surface area (Å²) in [7, 11) is 6.24. The summed E-state index contributed by atoms with van der Waals surface area (Å²) in [6, 6.07) is 10.6. The normalized spacial score (nSPS) is 14.8. The fourth-order valence-corrected chi connectivity index (χ4v) is 4.50. The largest absolute Gasteiger partial charge is 0.493 e. The fourth-order valence-electron chi connectivity index (χ4n) is 3.35. The molecule has 9 nitrogen and oxygen atoms in total. The number of thioether (sulfide) groups is 1. The molecule has 0 spiro atoms. The Morgan fingerprint density at radius 1 is 1.12 bits per heavy atom. The molecule has 0 saturated carbocycles. The van der Waals surface area contributed by atoms with E-state index in [1.807, 2.05) is 35.9 Å². The number of fused-ring (bicyclic) bond motifs is 1. The van der Waals surface area contributed by atoms with Crippen LogP contribution in [0, 0.1) is 0 Å². The van der Waals surface area contributed by atoms with Crippen LogP contribution in [0.5, 0.6) is 17.2 Å². The third-order valence-corrected chi connectivity index (χ3v) is 6.32. The van der Waals surface area contributed by atoms with Gasteiger partial charge in [-0.15, -0.1) is 0 Å². The van der Waals surface area contributed by atoms with Gasteiger partial charge in [-0.2, -0.15) is 5.01 Å². The molecule has 1 aliphatic rings. The fraction of sp³-hybridized carbons (Fsp3) is 0.182. The maximum Gasteiger partial charge on any atom is 0.285 e. The SMILES string of the molecule is COc1cc(C(=O)NN2C(=O)C(=Cc3nc4ccccc4n3C)SC2=S)cc(OC)c1OC. The Morgan fingerprint density at radius 2 is 1.79 bits per heavy atom. The molecule has 1 fully saturated rings. The second-order valence-corrected chi connectivity index (χ2v) is 8.57. The van der Waals surface area contributed by atoms with E-state index >= 15 is 0 Å². The Labute approximate surface area is 199 Å². The number of thiocarbonyl (C=S) groups is 1. The highest BCUT2D eigenvalue weighted by Crippen LogP contribution is 2.38. The number of benzene rings is 2. The zero-order valence-corrected chi connectivity index (χ0v) is 19.9. The molecular weight excluding hydrogens is 464 g/mol. The molecule has 0 atom stereocenters. The number of hydrogen-bond acceptors (Lipinski definition) is 8. The van der Waals surface area contributed by atoms with Gasteiger partial charge in [-0.25, -0.2) is 4.98 Å². The number of carbonyl (C=O) groups excluding carboxylic acids is 2. The lowest BCUT2D eigenvalue weighted by molar-refractivity contribution is -0.123. The van der Waals surface area contributed by atoms with Crippen molar-refractivity contribution in [1.82, 2.24) is 20.0 Å². The van der Waals surface area contributed by atoms with Crippen molar-refractivity contribution in [3.8, 4) is 17.2 Å². The average molecular weight is 485 g/mol. The predicted octanol–water partition coefficient (Wildman–Crippen LogP) is 3.15. The monoisotopic (exact) mass is 484 g/mol. The predicted molar refractivity (Wildman–Crippen MR) is 129 cm³/mol. The summed E-state index contributed by atoms with van der Waals surface area (Å²) in [5.41, 5.74) is 4.52. The molecular formula is C22H20N4O5S2. The summed E-state index contributed by atoms with van der Waals surface area (Å²) in [5, 5.41) is 1.04. The molecule has 0 bridgehead atoms. The number of carbonyl (C=O) groups is 2. The van der Waals surface area contributed by atoms with Crippen LogP contribution in [0.25, 0.3) is 17.1 Å². The molecule has 1 saturated heterocycles. The highest BCUT2D eigenvalue weighted by Gasteiger charge is 2.34. The van der Waals surface area contributed by atoms with Crippen LogP contribution in [0.1, 0.15) is 16.2 Å². The number of ether oxygens (including phenoxy) is 3. The summed E-state index contributed by atoms with van der Waals surface area (Å²) in [6.07, 6.45) is 1.66. The van der Waals surface area contributed by atoms with Crippen LogP contribution in [-0.4, -0.2) is 52.0 Å². The van der Waals surface area contributed by atoms with Crippen molar-refractivity contribution in [1.29, 1.82) is 0 Å². The van der Waals surface area contributed by atoms with Gasteiger partial charge in [0.2, 0.25) is 5.75 Å². The molecule has 2 heterocycles. The standard InChI is InChI=1S/C22H20N4O5S2/c1-25-14-8-6-5-7-13(14)23-18(25)11-17-21(28)26(22(32)33-17)24-20(27)12-9-15(29-2)19(31-4)16(10-12)30-3/h5-11H,1-4H3,(H,24,27). The quantitative estimate of drug-likeness (QED) is 0.421. The van der Waals surface area contributed by atoms with E-state index in [0.717, 1.165) is 27.8 Å². The molecule has 2 aromatic carbocycles. The lowest BCUT2D eigenvalue weighted by atomic mass is 10.1. The smallest absolute Gasteiger partial charge is 0.285 e. The van der Waals surface area contributed by atoms with Crippen LogP contribution in [-0.2, 0) is 11.8 Å². The van der Waals surface area contributed by atoms with Crippen LogP contribution in [0.15, 0.2) is 41.3 Å². The lowest BCUT2D eigenvalue weighted by Crippen LogP contribution is -2.44. The molecule has 2 amide bonds. The third kappa shape index (κ3) is 4.12. The van der Waals surface area contributed by atoms with Gasteiger partial charge in [-0.1, -0.05) is 23.9 Å². The number of para-hydroxylation sites is 2. The van der Waals surface area contributed by atoms with E-state index < -0.39 is 11.8 Å². The number of imidazole rings is 1. The molecule has 0 aliphatic carbocycles. The second kappa shape index (κ2) is 9.12. The Kier molecular flexibility index (Phi) is 6.25. The van der Waals surface area contributed by atoms with Gasteiger partial charge >= 0.3 is 0 Å². The van der Waals surface area contributed by atoms with Crippen molar-refractivity contribution in [2.24, 2.45) is 7.05 Å². The molecule has 4 rings (SSSR count). The number of rotatable bonds is 6. The van der Waals surface area contributed by atoms with E-state index in [-0.39, 0.29) is 9.88 Å². The van der Waals surface area contributed by atoms with Crippen molar-refractivity contribution in [3.05, 3.63) is 52.7 Å². The third-order valence-electron chi connectivity index (χ3n) is 5.02. The molecule has 1 N–H and O–H groups in total. The minimum atomic E-state index is -0.561. The van der Waals surface area contributed by atoms with Gasteiger partial charge in [0.05, 0.1) is 37.3 Å². The van der Waals surface area contributed by atoms with E-state index in [1.54, 1.807) is 6.08 Å². The first-order chi connectivity index (χ1) is 15.9. The molecule has 0 radical (unpaired) electrons. The highest BCUT2D eigenvalue weighted by molar-refractivity contribution is 8.26. The van der Waals surface area contributed by atoms with Gasteiger partial charge in [0.25, 0.3) is 11.8 Å². The van der Waals surface area contributed by atoms with Gasteiger partial charge in [0.15, 0.2) is 15.8 Å². The molecule has 0 unspecified atom stereocenters. The molecule has 1 aromatic heterocycles. The Balaban J connectivity index is 1.59. The number of amides is 2. The highest BCUT2D eigenvalue weighted by atomic mass is 32.2. The number of nitrogens with one attached hydrogen (secondary N) is 1. The maximum absolute atomic E-state index is 13.0. The topological polar surface area (TPSA) is 94.9 Å². The Morgan fingerprint density at radius 3 is 2.39 bits per heavy atom. The summed E-state index contributed by atoms with van der Waals surface area (Å²) in [6.45, 7) is 0. The number of aryl methyl sites for hydroxylation is 1. The van der Waals surface area contributed by atoms with E-state index in [1.165, 1.54) is 33.5 Å². The summed E-state index contributed by atoms with van der Waals surface area (Å²) >= 11 is 6.41. The lowest BCUT2D eigenvalue weighted by Gasteiger charge is -2.17. The van der Waals surface area contributed by atoms with Crippen LogP contribution in [0.4, 0.5) is 0 Å². The first-order valence-corrected chi connectivity index (χ1v) is 10.9. The second-order valence-electron chi connectivity index (χ2n) is 6.89. The van der Waals surface area contributed by atoms with Crippen molar-refractivity contribution >= 4 is 57.2 Å². The van der Waals surface area contributed by atoms with E-state index in [0.29, 0.717) is 28.0 Å². The van der Waals surface area contributed by atoms with Gasteiger partial charge in [-0.3, -0.25) is 15.0 Å². The van der Waals surface area contributed by atoms with Crippen LogP contribution in [0.2, 0.25) is 0 Å². The van der Waals surface area contributed by atoms with Gasteiger partial charge in [-0.05, 0) is 36.5 Å². The van der Waals surface area contributed by atoms with Gasteiger partial charge < -0.3 is 18.8 Å².